The zero-order chi connectivity index (χ0) is 13.9. The number of anilines is 1. The van der Waals surface area contributed by atoms with E-state index in [0.29, 0.717) is 5.76 Å². The number of nitrogens with zero attached hydrogens (tertiary/aromatic N) is 1. The molecule has 5 heteroatoms. The topological polar surface area (TPSA) is 69.1 Å². The van der Waals surface area contributed by atoms with E-state index in [0.717, 1.165) is 22.0 Å². The van der Waals surface area contributed by atoms with E-state index in [4.69, 9.17) is 10.2 Å². The van der Waals surface area contributed by atoms with Crippen LogP contribution in [0.15, 0.2) is 52.5 Å². The van der Waals surface area contributed by atoms with Crippen LogP contribution in [0.5, 0.6) is 0 Å². The molecule has 0 saturated carbocycles. The molecule has 3 aromatic rings. The van der Waals surface area contributed by atoms with Crippen molar-refractivity contribution < 1.29 is 9.21 Å². The Kier molecular flexibility index (Phi) is 3.35. The number of nitrogens with two attached hydrogens (primary N) is 1. The first-order valence-electron chi connectivity index (χ1n) is 6.09. The number of aromatic nitrogens is 1. The Bertz CT molecular complexity index is 715. The second-order valence-corrected chi connectivity index (χ2v) is 5.27. The van der Waals surface area contributed by atoms with Gasteiger partial charge in [0.2, 0.25) is 5.78 Å². The van der Waals surface area contributed by atoms with E-state index in [1.165, 1.54) is 17.6 Å². The maximum Gasteiger partial charge on any atom is 0.204 e. The normalized spacial score (nSPS) is 10.6. The molecule has 1 aromatic carbocycles. The van der Waals surface area contributed by atoms with Crippen LogP contribution in [0.25, 0.3) is 11.3 Å². The van der Waals surface area contributed by atoms with Crippen LogP contribution < -0.4 is 5.73 Å². The number of Topliss-reactive ketones (excluding diaryl/α,β-unsaturated/α-hetero) is 1. The summed E-state index contributed by atoms with van der Waals surface area (Å²) < 4.78 is 5.09. The first kappa shape index (κ1) is 12.6. The molecule has 20 heavy (non-hydrogen) atoms. The molecule has 4 nitrogen and oxygen atoms in total. The number of furan rings is 1. The molecule has 0 radical (unpaired) electrons. The van der Waals surface area contributed by atoms with Crippen molar-refractivity contribution in [2.24, 2.45) is 0 Å². The lowest BCUT2D eigenvalue weighted by Gasteiger charge is -1.97. The van der Waals surface area contributed by atoms with Crippen molar-refractivity contribution in [3.05, 3.63) is 58.8 Å². The molecular weight excluding hydrogens is 272 g/mol. The van der Waals surface area contributed by atoms with E-state index < -0.39 is 0 Å². The van der Waals surface area contributed by atoms with Gasteiger partial charge in [0.05, 0.1) is 18.4 Å². The third-order valence-corrected chi connectivity index (χ3v) is 3.71. The summed E-state index contributed by atoms with van der Waals surface area (Å²) in [4.78, 5) is 16.4. The minimum absolute atomic E-state index is 0.0618. The minimum atomic E-state index is -0.0618. The van der Waals surface area contributed by atoms with Crippen LogP contribution in [-0.4, -0.2) is 10.8 Å². The molecule has 0 bridgehead atoms. The van der Waals surface area contributed by atoms with Gasteiger partial charge < -0.3 is 10.2 Å². The Morgan fingerprint density at radius 3 is 2.75 bits per heavy atom. The summed E-state index contributed by atoms with van der Waals surface area (Å²) in [6.45, 7) is 0. The number of thiazole rings is 1. The number of carbonyl (C=O) groups is 1. The van der Waals surface area contributed by atoms with Crippen molar-refractivity contribution in [2.45, 2.75) is 6.42 Å². The van der Waals surface area contributed by atoms with Gasteiger partial charge in [0.25, 0.3) is 0 Å². The maximum atomic E-state index is 11.9. The number of ketones is 1. The van der Waals surface area contributed by atoms with Crippen LogP contribution in [-0.2, 0) is 6.42 Å². The highest BCUT2D eigenvalue weighted by Crippen LogP contribution is 2.23. The zero-order valence-electron chi connectivity index (χ0n) is 10.6. The lowest BCUT2D eigenvalue weighted by molar-refractivity contribution is 0.0966. The van der Waals surface area contributed by atoms with Gasteiger partial charge in [-0.15, -0.1) is 11.3 Å². The molecule has 0 aliphatic rings. The molecule has 100 valence electrons. The Morgan fingerprint density at radius 1 is 1.25 bits per heavy atom. The third kappa shape index (κ3) is 2.62. The Balaban J connectivity index is 1.77. The molecule has 0 fully saturated rings. The molecule has 0 aliphatic carbocycles. The van der Waals surface area contributed by atoms with Crippen LogP contribution in [0.3, 0.4) is 0 Å². The molecule has 0 spiro atoms. The van der Waals surface area contributed by atoms with Gasteiger partial charge in [-0.05, 0) is 24.3 Å². The Labute approximate surface area is 119 Å². The average Bonchev–Trinajstić information content (AvgIpc) is 3.10. The zero-order valence-corrected chi connectivity index (χ0v) is 11.4. The smallest absolute Gasteiger partial charge is 0.204 e. The average molecular weight is 284 g/mol. The summed E-state index contributed by atoms with van der Waals surface area (Å²) in [5.74, 6) is 0.308. The van der Waals surface area contributed by atoms with Crippen LogP contribution in [0.2, 0.25) is 0 Å². The highest BCUT2D eigenvalue weighted by molar-refractivity contribution is 7.10. The number of hydrogen-bond acceptors (Lipinski definition) is 5. The summed E-state index contributed by atoms with van der Waals surface area (Å²) in [7, 11) is 0. The molecule has 2 heterocycles. The fourth-order valence-corrected chi connectivity index (χ4v) is 2.64. The molecule has 0 atom stereocenters. The minimum Gasteiger partial charge on any atom is -0.461 e. The second kappa shape index (κ2) is 5.30. The quantitative estimate of drug-likeness (QED) is 0.589. The molecule has 0 aliphatic heterocycles. The lowest BCUT2D eigenvalue weighted by Crippen LogP contribution is -2.01. The van der Waals surface area contributed by atoms with Crippen LogP contribution in [0.1, 0.15) is 15.6 Å². The summed E-state index contributed by atoms with van der Waals surface area (Å²) >= 11 is 1.47. The van der Waals surface area contributed by atoms with Crippen molar-refractivity contribution in [2.75, 3.05) is 5.73 Å². The summed E-state index contributed by atoms with van der Waals surface area (Å²) in [6.07, 6.45) is 1.75. The number of rotatable bonds is 4. The van der Waals surface area contributed by atoms with Gasteiger partial charge in [-0.2, -0.15) is 0 Å². The van der Waals surface area contributed by atoms with Crippen molar-refractivity contribution in [3.63, 3.8) is 0 Å². The molecule has 0 unspecified atom stereocenters. The summed E-state index contributed by atoms with van der Waals surface area (Å²) in [5, 5.41) is 2.72. The first-order chi connectivity index (χ1) is 9.72. The SMILES string of the molecule is Nc1ccc(-c2csc(CC(=O)c3ccco3)n2)cc1. The van der Waals surface area contributed by atoms with Crippen LogP contribution in [0.4, 0.5) is 5.69 Å². The van der Waals surface area contributed by atoms with Gasteiger partial charge >= 0.3 is 0 Å². The fraction of sp³-hybridized carbons (Fsp3) is 0.0667. The molecule has 0 saturated heterocycles. The van der Waals surface area contributed by atoms with Gasteiger partial charge in [-0.3, -0.25) is 4.79 Å². The second-order valence-electron chi connectivity index (χ2n) is 4.33. The van der Waals surface area contributed by atoms with E-state index in [1.807, 2.05) is 29.6 Å². The summed E-state index contributed by atoms with van der Waals surface area (Å²) in [6, 6.07) is 10.9. The molecular formula is C15H12N2O2S. The molecule has 3 rings (SSSR count). The summed E-state index contributed by atoms with van der Waals surface area (Å²) in [5.41, 5.74) is 8.23. The molecule has 2 aromatic heterocycles. The maximum absolute atomic E-state index is 11.9. The van der Waals surface area contributed by atoms with Gasteiger partial charge in [-0.1, -0.05) is 12.1 Å². The van der Waals surface area contributed by atoms with Gasteiger partial charge in [0.15, 0.2) is 5.76 Å². The number of carbonyl (C=O) groups excluding carboxylic acids is 1. The number of nitrogen functional groups attached to an aromatic ring is 1. The van der Waals surface area contributed by atoms with Crippen molar-refractivity contribution in [3.8, 4) is 11.3 Å². The standard InChI is InChI=1S/C15H12N2O2S/c16-11-5-3-10(4-6-11)12-9-20-15(17-12)8-13(18)14-2-1-7-19-14/h1-7,9H,8,16H2. The Hall–Kier alpha value is -2.40. The van der Waals surface area contributed by atoms with Gasteiger partial charge in [0.1, 0.15) is 5.01 Å². The first-order valence-corrected chi connectivity index (χ1v) is 6.97. The van der Waals surface area contributed by atoms with Crippen molar-refractivity contribution in [1.82, 2.24) is 4.98 Å². The third-order valence-electron chi connectivity index (χ3n) is 2.87. The molecule has 0 amide bonds. The van der Waals surface area contributed by atoms with E-state index in [9.17, 15) is 4.79 Å². The van der Waals surface area contributed by atoms with E-state index in [2.05, 4.69) is 4.98 Å². The van der Waals surface area contributed by atoms with Gasteiger partial charge in [0, 0.05) is 16.6 Å². The van der Waals surface area contributed by atoms with Crippen molar-refractivity contribution >= 4 is 22.8 Å². The van der Waals surface area contributed by atoms with Crippen LogP contribution >= 0.6 is 11.3 Å². The largest absolute Gasteiger partial charge is 0.461 e. The van der Waals surface area contributed by atoms with E-state index in [1.54, 1.807) is 12.1 Å². The number of hydrogen-bond donors (Lipinski definition) is 1. The van der Waals surface area contributed by atoms with E-state index >= 15 is 0 Å². The van der Waals surface area contributed by atoms with E-state index in [-0.39, 0.29) is 12.2 Å². The predicted octanol–water partition coefficient (Wildman–Crippen LogP) is 3.41. The lowest BCUT2D eigenvalue weighted by atomic mass is 10.1. The Morgan fingerprint density at radius 2 is 2.05 bits per heavy atom. The highest BCUT2D eigenvalue weighted by Gasteiger charge is 2.13. The monoisotopic (exact) mass is 284 g/mol. The van der Waals surface area contributed by atoms with Crippen molar-refractivity contribution in [1.29, 1.82) is 0 Å². The highest BCUT2D eigenvalue weighted by atomic mass is 32.1. The predicted molar refractivity (Wildman–Crippen MR) is 78.7 cm³/mol. The number of benzene rings is 1. The fourth-order valence-electron chi connectivity index (χ4n) is 1.84. The van der Waals surface area contributed by atoms with Crippen LogP contribution in [0, 0.1) is 0 Å². The van der Waals surface area contributed by atoms with Gasteiger partial charge in [-0.25, -0.2) is 4.98 Å². The molecule has 2 N–H and O–H groups in total.